The first-order valence-electron chi connectivity index (χ1n) is 9.47. The molecule has 156 valence electrons. The zero-order valence-corrected chi connectivity index (χ0v) is 18.1. The Morgan fingerprint density at radius 1 is 1.22 bits per heavy atom. The predicted molar refractivity (Wildman–Crippen MR) is 116 cm³/mol. The molecule has 1 aromatic rings. The fourth-order valence-electron chi connectivity index (χ4n) is 3.01. The smallest absolute Gasteiger partial charge is 0.224 e. The molecule has 7 heteroatoms. The van der Waals surface area contributed by atoms with Crippen molar-refractivity contribution in [3.63, 3.8) is 0 Å². The third kappa shape index (κ3) is 9.77. The Kier molecular flexibility index (Phi) is 13.7. The molecule has 1 amide bonds. The van der Waals surface area contributed by atoms with E-state index < -0.39 is 0 Å². The molecule has 3 N–H and O–H groups in total. The van der Waals surface area contributed by atoms with Crippen molar-refractivity contribution in [3.05, 3.63) is 35.9 Å². The molecular weight excluding hydrogens is 385 g/mol. The second-order valence-electron chi connectivity index (χ2n) is 7.12. The summed E-state index contributed by atoms with van der Waals surface area (Å²) >= 11 is 0. The van der Waals surface area contributed by atoms with Crippen LogP contribution >= 0.6 is 24.8 Å². The molecule has 0 aliphatic carbocycles. The number of carbonyl (C=O) groups excluding carboxylic acids is 1. The number of halogens is 2. The molecule has 2 atom stereocenters. The van der Waals surface area contributed by atoms with Gasteiger partial charge >= 0.3 is 0 Å². The summed E-state index contributed by atoms with van der Waals surface area (Å²) < 4.78 is 5.97. The molecule has 0 saturated carbocycles. The summed E-state index contributed by atoms with van der Waals surface area (Å²) in [6.07, 6.45) is 3.37. The molecule has 27 heavy (non-hydrogen) atoms. The highest BCUT2D eigenvalue weighted by Gasteiger charge is 2.20. The standard InChI is InChI=1S/C20H33N3O2.2ClH/c1-16(17(2)21)20(24)22-11-6-14-25-19-9-12-23(13-10-19)15-18-7-4-3-5-8-18;;/h3-5,7-8,16-17,19H,6,9-15,21H2,1-2H3,(H,22,24);2*1H. The van der Waals surface area contributed by atoms with E-state index in [9.17, 15) is 4.79 Å². The Morgan fingerprint density at radius 3 is 2.44 bits per heavy atom. The number of rotatable bonds is 9. The second-order valence-corrected chi connectivity index (χ2v) is 7.12. The van der Waals surface area contributed by atoms with E-state index in [1.807, 2.05) is 13.8 Å². The van der Waals surface area contributed by atoms with Gasteiger partial charge in [0, 0.05) is 44.7 Å². The second kappa shape index (κ2) is 14.2. The first kappa shape index (κ1) is 26.1. The van der Waals surface area contributed by atoms with Crippen LogP contribution in [0.4, 0.5) is 0 Å². The van der Waals surface area contributed by atoms with Gasteiger partial charge in [-0.1, -0.05) is 37.3 Å². The van der Waals surface area contributed by atoms with Gasteiger partial charge in [0.05, 0.1) is 6.10 Å². The third-order valence-corrected chi connectivity index (χ3v) is 4.96. The third-order valence-electron chi connectivity index (χ3n) is 4.96. The first-order valence-corrected chi connectivity index (χ1v) is 9.47. The lowest BCUT2D eigenvalue weighted by Crippen LogP contribution is -2.39. The van der Waals surface area contributed by atoms with Crippen molar-refractivity contribution in [2.75, 3.05) is 26.2 Å². The Bertz CT molecular complexity index is 509. The number of carbonyl (C=O) groups is 1. The minimum absolute atomic E-state index is 0. The number of piperidine rings is 1. The van der Waals surface area contributed by atoms with Crippen LogP contribution in [0.5, 0.6) is 0 Å². The Morgan fingerprint density at radius 2 is 1.85 bits per heavy atom. The van der Waals surface area contributed by atoms with Crippen LogP contribution in [0.15, 0.2) is 30.3 Å². The molecule has 0 radical (unpaired) electrons. The van der Waals surface area contributed by atoms with Crippen LogP contribution in [0, 0.1) is 5.92 Å². The molecule has 1 aliphatic heterocycles. The van der Waals surface area contributed by atoms with Gasteiger partial charge in [-0.15, -0.1) is 24.8 Å². The minimum Gasteiger partial charge on any atom is -0.378 e. The van der Waals surface area contributed by atoms with Crippen molar-refractivity contribution in [2.24, 2.45) is 11.7 Å². The van der Waals surface area contributed by atoms with Crippen molar-refractivity contribution in [1.29, 1.82) is 0 Å². The van der Waals surface area contributed by atoms with Crippen LogP contribution in [0.3, 0.4) is 0 Å². The SMILES string of the molecule is CC(N)C(C)C(=O)NCCCOC1CCN(Cc2ccccc2)CC1.Cl.Cl. The summed E-state index contributed by atoms with van der Waals surface area (Å²) in [6.45, 7) is 8.28. The molecule has 1 saturated heterocycles. The number of hydrogen-bond donors (Lipinski definition) is 2. The largest absolute Gasteiger partial charge is 0.378 e. The van der Waals surface area contributed by atoms with E-state index in [4.69, 9.17) is 10.5 Å². The number of nitrogens with one attached hydrogen (secondary N) is 1. The quantitative estimate of drug-likeness (QED) is 0.603. The van der Waals surface area contributed by atoms with Crippen LogP contribution < -0.4 is 11.1 Å². The number of nitrogens with zero attached hydrogens (tertiary/aromatic N) is 1. The van der Waals surface area contributed by atoms with E-state index >= 15 is 0 Å². The van der Waals surface area contributed by atoms with Crippen LogP contribution in [0.2, 0.25) is 0 Å². The Hall–Kier alpha value is -0.850. The van der Waals surface area contributed by atoms with Crippen LogP contribution in [-0.4, -0.2) is 49.2 Å². The van der Waals surface area contributed by atoms with Crippen molar-refractivity contribution in [1.82, 2.24) is 10.2 Å². The monoisotopic (exact) mass is 419 g/mol. The van der Waals surface area contributed by atoms with Gasteiger partial charge in [-0.05, 0) is 31.7 Å². The van der Waals surface area contributed by atoms with Gasteiger partial charge < -0.3 is 15.8 Å². The lowest BCUT2D eigenvalue weighted by Gasteiger charge is -2.32. The van der Waals surface area contributed by atoms with Crippen LogP contribution in [0.25, 0.3) is 0 Å². The fraction of sp³-hybridized carbons (Fsp3) is 0.650. The maximum absolute atomic E-state index is 11.8. The number of hydrogen-bond acceptors (Lipinski definition) is 4. The molecule has 1 fully saturated rings. The Balaban J connectivity index is 0.00000338. The molecule has 1 aliphatic rings. The lowest BCUT2D eigenvalue weighted by molar-refractivity contribution is -0.125. The predicted octanol–water partition coefficient (Wildman–Crippen LogP) is 3.00. The molecule has 2 rings (SSSR count). The van der Waals surface area contributed by atoms with Gasteiger partial charge in [0.25, 0.3) is 0 Å². The van der Waals surface area contributed by atoms with Gasteiger partial charge in [0.2, 0.25) is 5.91 Å². The van der Waals surface area contributed by atoms with Crippen molar-refractivity contribution in [3.8, 4) is 0 Å². The summed E-state index contributed by atoms with van der Waals surface area (Å²) in [6, 6.07) is 10.5. The summed E-state index contributed by atoms with van der Waals surface area (Å²) in [4.78, 5) is 14.3. The first-order chi connectivity index (χ1) is 12.1. The fourth-order valence-corrected chi connectivity index (χ4v) is 3.01. The van der Waals surface area contributed by atoms with Crippen molar-refractivity contribution >= 4 is 30.7 Å². The highest BCUT2D eigenvalue weighted by atomic mass is 35.5. The summed E-state index contributed by atoms with van der Waals surface area (Å²) in [5.74, 6) is -0.112. The average Bonchev–Trinajstić information content (AvgIpc) is 2.62. The number of amides is 1. The van der Waals surface area contributed by atoms with E-state index in [-0.39, 0.29) is 42.7 Å². The van der Waals surface area contributed by atoms with E-state index in [1.165, 1.54) is 5.56 Å². The maximum Gasteiger partial charge on any atom is 0.224 e. The lowest BCUT2D eigenvalue weighted by atomic mass is 10.0. The van der Waals surface area contributed by atoms with Gasteiger partial charge in [-0.2, -0.15) is 0 Å². The van der Waals surface area contributed by atoms with Gasteiger partial charge in [0.1, 0.15) is 0 Å². The maximum atomic E-state index is 11.8. The molecule has 0 bridgehead atoms. The van der Waals surface area contributed by atoms with E-state index in [2.05, 4.69) is 40.5 Å². The topological polar surface area (TPSA) is 67.6 Å². The number of likely N-dealkylation sites (tertiary alicyclic amines) is 1. The summed E-state index contributed by atoms with van der Waals surface area (Å²) in [5.41, 5.74) is 7.11. The van der Waals surface area contributed by atoms with Crippen molar-refractivity contribution < 1.29 is 9.53 Å². The van der Waals surface area contributed by atoms with Gasteiger partial charge in [-0.25, -0.2) is 0 Å². The molecule has 0 spiro atoms. The normalized spacial score (nSPS) is 17.3. The van der Waals surface area contributed by atoms with Crippen LogP contribution in [0.1, 0.15) is 38.7 Å². The number of benzene rings is 1. The Labute approximate surface area is 176 Å². The highest BCUT2D eigenvalue weighted by molar-refractivity contribution is 5.85. The van der Waals surface area contributed by atoms with E-state index in [0.29, 0.717) is 19.3 Å². The summed E-state index contributed by atoms with van der Waals surface area (Å²) in [7, 11) is 0. The molecule has 1 heterocycles. The number of nitrogens with two attached hydrogens (primary N) is 1. The minimum atomic E-state index is -0.144. The van der Waals surface area contributed by atoms with E-state index in [0.717, 1.165) is 38.9 Å². The zero-order valence-electron chi connectivity index (χ0n) is 16.4. The van der Waals surface area contributed by atoms with Crippen molar-refractivity contribution in [2.45, 2.75) is 51.8 Å². The molecule has 1 aromatic carbocycles. The number of ether oxygens (including phenoxy) is 1. The zero-order chi connectivity index (χ0) is 18.1. The summed E-state index contributed by atoms with van der Waals surface area (Å²) in [5, 5.41) is 2.93. The molecule has 0 aromatic heterocycles. The highest BCUT2D eigenvalue weighted by Crippen LogP contribution is 2.16. The average molecular weight is 420 g/mol. The van der Waals surface area contributed by atoms with Gasteiger partial charge in [-0.3, -0.25) is 9.69 Å². The van der Waals surface area contributed by atoms with E-state index in [1.54, 1.807) is 0 Å². The molecule has 5 nitrogen and oxygen atoms in total. The molecule has 2 unspecified atom stereocenters. The molecular formula is C20H35Cl2N3O2. The van der Waals surface area contributed by atoms with Crippen LogP contribution in [-0.2, 0) is 16.1 Å². The van der Waals surface area contributed by atoms with Gasteiger partial charge in [0.15, 0.2) is 0 Å².